The Kier molecular flexibility index (Phi) is 4.44. The van der Waals surface area contributed by atoms with Crippen LogP contribution in [-0.4, -0.2) is 23.6 Å². The van der Waals surface area contributed by atoms with Gasteiger partial charge in [0.15, 0.2) is 24.1 Å². The Balaban J connectivity index is 1.94. The van der Waals surface area contributed by atoms with Crippen LogP contribution in [0.4, 0.5) is 18.9 Å². The number of carbonyl (C=O) groups is 2. The highest BCUT2D eigenvalue weighted by Gasteiger charge is 2.18. The summed E-state index contributed by atoms with van der Waals surface area (Å²) < 4.78 is 48.2. The minimum absolute atomic E-state index is 0.204. The van der Waals surface area contributed by atoms with E-state index in [-0.39, 0.29) is 5.76 Å². The number of aryl methyl sites for hydroxylation is 1. The van der Waals surface area contributed by atoms with Crippen molar-refractivity contribution in [2.24, 2.45) is 0 Å². The van der Waals surface area contributed by atoms with Crippen LogP contribution in [0.3, 0.4) is 0 Å². The average Bonchev–Trinajstić information content (AvgIpc) is 2.92. The smallest absolute Gasteiger partial charge is 0.377 e. The summed E-state index contributed by atoms with van der Waals surface area (Å²) in [6.07, 6.45) is 0. The van der Waals surface area contributed by atoms with Gasteiger partial charge in [-0.25, -0.2) is 18.0 Å². The Bertz CT molecular complexity index is 730. The van der Waals surface area contributed by atoms with Crippen LogP contribution in [0.25, 0.3) is 0 Å². The lowest BCUT2D eigenvalue weighted by molar-refractivity contribution is -0.119. The quantitative estimate of drug-likeness (QED) is 0.691. The minimum Gasteiger partial charge on any atom is -0.450 e. The first-order valence-corrected chi connectivity index (χ1v) is 5.92. The van der Waals surface area contributed by atoms with E-state index in [1.807, 2.05) is 5.32 Å². The average molecular weight is 314 g/mol. The third kappa shape index (κ3) is 3.43. The molecule has 0 bridgehead atoms. The molecular formula is C13H9F3N2O4. The maximum atomic E-state index is 13.3. The molecule has 1 N–H and O–H groups in total. The van der Waals surface area contributed by atoms with Crippen molar-refractivity contribution in [1.82, 2.24) is 5.16 Å². The van der Waals surface area contributed by atoms with Gasteiger partial charge in [-0.2, -0.15) is 0 Å². The Labute approximate surface area is 121 Å². The lowest BCUT2D eigenvalue weighted by Gasteiger charge is -2.07. The Morgan fingerprint density at radius 3 is 2.64 bits per heavy atom. The summed E-state index contributed by atoms with van der Waals surface area (Å²) >= 11 is 0. The third-order valence-corrected chi connectivity index (χ3v) is 2.47. The molecule has 0 saturated heterocycles. The fourth-order valence-corrected chi connectivity index (χ4v) is 1.47. The predicted octanol–water partition coefficient (Wildman–Crippen LogP) is 2.20. The van der Waals surface area contributed by atoms with E-state index in [1.54, 1.807) is 6.92 Å². The molecule has 2 rings (SSSR count). The molecule has 0 saturated carbocycles. The van der Waals surface area contributed by atoms with Crippen molar-refractivity contribution in [3.63, 3.8) is 0 Å². The van der Waals surface area contributed by atoms with E-state index < -0.39 is 41.6 Å². The van der Waals surface area contributed by atoms with E-state index in [2.05, 4.69) is 14.4 Å². The molecule has 9 heteroatoms. The van der Waals surface area contributed by atoms with Crippen LogP contribution < -0.4 is 5.32 Å². The summed E-state index contributed by atoms with van der Waals surface area (Å²) in [5, 5.41) is 5.41. The molecule has 0 atom stereocenters. The van der Waals surface area contributed by atoms with Crippen molar-refractivity contribution in [2.45, 2.75) is 6.92 Å². The maximum Gasteiger partial charge on any atom is 0.377 e. The van der Waals surface area contributed by atoms with Crippen LogP contribution in [0.5, 0.6) is 0 Å². The Hall–Kier alpha value is -2.84. The first kappa shape index (κ1) is 15.5. The predicted molar refractivity (Wildman–Crippen MR) is 66.5 cm³/mol. The topological polar surface area (TPSA) is 81.4 Å². The largest absolute Gasteiger partial charge is 0.450 e. The fourth-order valence-electron chi connectivity index (χ4n) is 1.47. The van der Waals surface area contributed by atoms with Crippen molar-refractivity contribution in [3.8, 4) is 0 Å². The van der Waals surface area contributed by atoms with Crippen molar-refractivity contribution in [2.75, 3.05) is 11.9 Å². The SMILES string of the molecule is Cc1cc(C(=O)OCC(=O)Nc2ccc(F)c(F)c2F)on1. The summed E-state index contributed by atoms with van der Waals surface area (Å²) in [4.78, 5) is 22.9. The standard InChI is InChI=1S/C13H9F3N2O4/c1-6-4-9(22-18-6)13(20)21-5-10(19)17-8-3-2-7(14)11(15)12(8)16/h2-4H,5H2,1H3,(H,17,19). The highest BCUT2D eigenvalue weighted by Crippen LogP contribution is 2.19. The number of hydrogen-bond donors (Lipinski definition) is 1. The van der Waals surface area contributed by atoms with Crippen LogP contribution in [0.2, 0.25) is 0 Å². The lowest BCUT2D eigenvalue weighted by atomic mass is 10.3. The number of carbonyl (C=O) groups excluding carboxylic acids is 2. The molecule has 1 aromatic carbocycles. The fraction of sp³-hybridized carbons (Fsp3) is 0.154. The van der Waals surface area contributed by atoms with Crippen LogP contribution >= 0.6 is 0 Å². The molecule has 0 aliphatic heterocycles. The van der Waals surface area contributed by atoms with Crippen molar-refractivity contribution >= 4 is 17.6 Å². The monoisotopic (exact) mass is 314 g/mol. The highest BCUT2D eigenvalue weighted by molar-refractivity contribution is 5.94. The van der Waals surface area contributed by atoms with E-state index in [0.717, 1.165) is 6.07 Å². The van der Waals surface area contributed by atoms with Gasteiger partial charge in [0.1, 0.15) is 0 Å². The van der Waals surface area contributed by atoms with Crippen LogP contribution in [0, 0.1) is 24.4 Å². The molecule has 0 aliphatic carbocycles. The molecule has 0 spiro atoms. The summed E-state index contributed by atoms with van der Waals surface area (Å²) in [6.45, 7) is 0.815. The second-order valence-electron chi connectivity index (χ2n) is 4.18. The number of esters is 1. The molecular weight excluding hydrogens is 305 g/mol. The second-order valence-corrected chi connectivity index (χ2v) is 4.18. The Morgan fingerprint density at radius 1 is 1.27 bits per heavy atom. The number of ether oxygens (including phenoxy) is 1. The van der Waals surface area contributed by atoms with Gasteiger partial charge in [0.25, 0.3) is 5.91 Å². The van der Waals surface area contributed by atoms with Crippen LogP contribution in [0.15, 0.2) is 22.7 Å². The van der Waals surface area contributed by atoms with Gasteiger partial charge >= 0.3 is 5.97 Å². The first-order valence-electron chi connectivity index (χ1n) is 5.92. The van der Waals surface area contributed by atoms with Gasteiger partial charge in [0.05, 0.1) is 11.4 Å². The zero-order valence-corrected chi connectivity index (χ0v) is 11.2. The number of benzene rings is 1. The van der Waals surface area contributed by atoms with Gasteiger partial charge < -0.3 is 14.6 Å². The third-order valence-electron chi connectivity index (χ3n) is 2.47. The molecule has 1 heterocycles. The Morgan fingerprint density at radius 2 is 2.00 bits per heavy atom. The lowest BCUT2D eigenvalue weighted by Crippen LogP contribution is -2.21. The normalized spacial score (nSPS) is 10.4. The van der Waals surface area contributed by atoms with Crippen LogP contribution in [-0.2, 0) is 9.53 Å². The molecule has 22 heavy (non-hydrogen) atoms. The molecule has 116 valence electrons. The van der Waals surface area contributed by atoms with Crippen molar-refractivity contribution < 1.29 is 32.0 Å². The van der Waals surface area contributed by atoms with Crippen LogP contribution in [0.1, 0.15) is 16.2 Å². The number of aromatic nitrogens is 1. The van der Waals surface area contributed by atoms with Crippen molar-refractivity contribution in [3.05, 3.63) is 47.1 Å². The number of rotatable bonds is 4. The maximum absolute atomic E-state index is 13.3. The first-order chi connectivity index (χ1) is 10.4. The van der Waals surface area contributed by atoms with Gasteiger partial charge in [-0.15, -0.1) is 0 Å². The van der Waals surface area contributed by atoms with E-state index in [1.165, 1.54) is 6.07 Å². The van der Waals surface area contributed by atoms with E-state index in [4.69, 9.17) is 0 Å². The molecule has 1 aromatic heterocycles. The highest BCUT2D eigenvalue weighted by atomic mass is 19.2. The number of anilines is 1. The number of nitrogens with zero attached hydrogens (tertiary/aromatic N) is 1. The molecule has 1 amide bonds. The molecule has 0 unspecified atom stereocenters. The van der Waals surface area contributed by atoms with E-state index >= 15 is 0 Å². The number of hydrogen-bond acceptors (Lipinski definition) is 5. The molecule has 0 radical (unpaired) electrons. The van der Waals surface area contributed by atoms with Gasteiger partial charge in [-0.3, -0.25) is 4.79 Å². The van der Waals surface area contributed by atoms with Gasteiger partial charge in [0.2, 0.25) is 5.76 Å². The minimum atomic E-state index is -1.72. The van der Waals surface area contributed by atoms with Crippen molar-refractivity contribution in [1.29, 1.82) is 0 Å². The summed E-state index contributed by atoms with van der Waals surface area (Å²) in [5.74, 6) is -6.74. The van der Waals surface area contributed by atoms with Gasteiger partial charge in [-0.1, -0.05) is 5.16 Å². The molecule has 6 nitrogen and oxygen atoms in total. The molecule has 0 aliphatic rings. The number of halogens is 3. The summed E-state index contributed by atoms with van der Waals surface area (Å²) in [7, 11) is 0. The summed E-state index contributed by atoms with van der Waals surface area (Å²) in [6, 6.07) is 2.79. The molecule has 2 aromatic rings. The zero-order chi connectivity index (χ0) is 16.3. The zero-order valence-electron chi connectivity index (χ0n) is 11.2. The summed E-state index contributed by atoms with van der Waals surface area (Å²) in [5.41, 5.74) is -0.129. The van der Waals surface area contributed by atoms with E-state index in [0.29, 0.717) is 11.8 Å². The number of amides is 1. The second kappa shape index (κ2) is 6.29. The van der Waals surface area contributed by atoms with E-state index in [9.17, 15) is 22.8 Å². The molecule has 0 fully saturated rings. The van der Waals surface area contributed by atoms with Gasteiger partial charge in [-0.05, 0) is 19.1 Å². The van der Waals surface area contributed by atoms with Gasteiger partial charge in [0, 0.05) is 6.07 Å². The number of nitrogens with one attached hydrogen (secondary N) is 1.